The lowest BCUT2D eigenvalue weighted by Gasteiger charge is -2.25. The van der Waals surface area contributed by atoms with Crippen molar-refractivity contribution in [1.29, 1.82) is 0 Å². The summed E-state index contributed by atoms with van der Waals surface area (Å²) in [5, 5.41) is 0. The predicted molar refractivity (Wildman–Crippen MR) is 71.1 cm³/mol. The highest BCUT2D eigenvalue weighted by Gasteiger charge is 2.17. The monoisotopic (exact) mass is 224 g/mol. The standard InChI is InChI=1S/C15H25F/c1-5-8-11-14(16)12-9-10-13-15(4,6-2)7-3/h5,9,11-12H,1,6-8,10,13H2,2-4H3/b12-9-,14-11+. The van der Waals surface area contributed by atoms with E-state index in [1.807, 2.05) is 6.08 Å². The molecule has 0 rings (SSSR count). The number of hydrogen-bond acceptors (Lipinski definition) is 0. The van der Waals surface area contributed by atoms with Gasteiger partial charge in [-0.25, -0.2) is 4.39 Å². The maximum Gasteiger partial charge on any atom is 0.119 e. The third kappa shape index (κ3) is 6.60. The quantitative estimate of drug-likeness (QED) is 0.373. The molecule has 0 amide bonds. The first-order valence-electron chi connectivity index (χ1n) is 6.21. The number of halogens is 1. The van der Waals surface area contributed by atoms with Gasteiger partial charge in [0.25, 0.3) is 0 Å². The Bertz CT molecular complexity index is 244. The van der Waals surface area contributed by atoms with E-state index in [1.165, 1.54) is 12.8 Å². The fourth-order valence-electron chi connectivity index (χ4n) is 1.50. The lowest BCUT2D eigenvalue weighted by atomic mass is 9.80. The molecule has 0 aromatic heterocycles. The molecule has 0 saturated carbocycles. The molecule has 92 valence electrons. The Morgan fingerprint density at radius 3 is 2.44 bits per heavy atom. The van der Waals surface area contributed by atoms with Crippen molar-refractivity contribution in [2.45, 2.75) is 52.9 Å². The van der Waals surface area contributed by atoms with Gasteiger partial charge in [-0.2, -0.15) is 0 Å². The van der Waals surface area contributed by atoms with Crippen molar-refractivity contribution in [2.24, 2.45) is 5.41 Å². The van der Waals surface area contributed by atoms with Crippen molar-refractivity contribution >= 4 is 0 Å². The third-order valence-electron chi connectivity index (χ3n) is 3.38. The van der Waals surface area contributed by atoms with Gasteiger partial charge >= 0.3 is 0 Å². The van der Waals surface area contributed by atoms with E-state index in [2.05, 4.69) is 27.4 Å². The summed E-state index contributed by atoms with van der Waals surface area (Å²) in [6.07, 6.45) is 11.8. The van der Waals surface area contributed by atoms with Crippen molar-refractivity contribution in [3.63, 3.8) is 0 Å². The fourth-order valence-corrected chi connectivity index (χ4v) is 1.50. The molecule has 1 heteroatoms. The van der Waals surface area contributed by atoms with Crippen molar-refractivity contribution in [3.8, 4) is 0 Å². The zero-order chi connectivity index (χ0) is 12.4. The minimum absolute atomic E-state index is 0.158. The summed E-state index contributed by atoms with van der Waals surface area (Å²) in [4.78, 5) is 0. The molecule has 0 saturated heterocycles. The van der Waals surface area contributed by atoms with Crippen molar-refractivity contribution < 1.29 is 4.39 Å². The number of hydrogen-bond donors (Lipinski definition) is 0. The Kier molecular flexibility index (Phi) is 7.88. The SMILES string of the molecule is C=CC/C=C(F)\C=C/CCC(C)(CC)CC. The molecule has 0 aromatic carbocycles. The smallest absolute Gasteiger partial charge is 0.119 e. The van der Waals surface area contributed by atoms with Crippen molar-refractivity contribution in [3.05, 3.63) is 36.7 Å². The van der Waals surface area contributed by atoms with Gasteiger partial charge in [-0.3, -0.25) is 0 Å². The van der Waals surface area contributed by atoms with Crippen LogP contribution in [0, 0.1) is 5.41 Å². The van der Waals surface area contributed by atoms with Gasteiger partial charge in [-0.15, -0.1) is 6.58 Å². The van der Waals surface area contributed by atoms with E-state index in [4.69, 9.17) is 0 Å². The van der Waals surface area contributed by atoms with E-state index in [9.17, 15) is 4.39 Å². The second-order valence-electron chi connectivity index (χ2n) is 4.57. The summed E-state index contributed by atoms with van der Waals surface area (Å²) >= 11 is 0. The zero-order valence-corrected chi connectivity index (χ0v) is 10.9. The van der Waals surface area contributed by atoms with E-state index in [0.717, 1.165) is 12.8 Å². The molecule has 0 spiro atoms. The topological polar surface area (TPSA) is 0 Å². The fraction of sp³-hybridized carbons (Fsp3) is 0.600. The zero-order valence-electron chi connectivity index (χ0n) is 10.9. The molecule has 0 heterocycles. The van der Waals surface area contributed by atoms with Crippen LogP contribution >= 0.6 is 0 Å². The maximum absolute atomic E-state index is 13.1. The van der Waals surface area contributed by atoms with Crippen LogP contribution in [0.15, 0.2) is 36.7 Å². The Hall–Kier alpha value is -0.850. The lowest BCUT2D eigenvalue weighted by molar-refractivity contribution is 0.275. The summed E-state index contributed by atoms with van der Waals surface area (Å²) in [7, 11) is 0. The molecule has 0 aromatic rings. The highest BCUT2D eigenvalue weighted by molar-refractivity contribution is 5.11. The summed E-state index contributed by atoms with van der Waals surface area (Å²) < 4.78 is 13.1. The van der Waals surface area contributed by atoms with Gasteiger partial charge in [0.1, 0.15) is 5.83 Å². The average molecular weight is 224 g/mol. The van der Waals surface area contributed by atoms with E-state index in [0.29, 0.717) is 11.8 Å². The van der Waals surface area contributed by atoms with Crippen LogP contribution in [0.1, 0.15) is 52.9 Å². The van der Waals surface area contributed by atoms with Crippen LogP contribution in [0.25, 0.3) is 0 Å². The first kappa shape index (κ1) is 15.2. The Labute approximate surface area is 99.9 Å². The molecule has 0 fully saturated rings. The molecule has 0 aliphatic rings. The van der Waals surface area contributed by atoms with Crippen molar-refractivity contribution in [2.75, 3.05) is 0 Å². The van der Waals surface area contributed by atoms with E-state index in [1.54, 1.807) is 18.2 Å². The van der Waals surface area contributed by atoms with Gasteiger partial charge in [-0.1, -0.05) is 45.8 Å². The van der Waals surface area contributed by atoms with Crippen LogP contribution in [-0.4, -0.2) is 0 Å². The molecule has 0 bridgehead atoms. The highest BCUT2D eigenvalue weighted by atomic mass is 19.1. The molecule has 0 atom stereocenters. The minimum Gasteiger partial charge on any atom is -0.207 e. The normalized spacial score (nSPS) is 13.4. The summed E-state index contributed by atoms with van der Waals surface area (Å²) in [5.41, 5.74) is 0.408. The largest absolute Gasteiger partial charge is 0.207 e. The highest BCUT2D eigenvalue weighted by Crippen LogP contribution is 2.31. The first-order chi connectivity index (χ1) is 7.58. The maximum atomic E-state index is 13.1. The second-order valence-corrected chi connectivity index (χ2v) is 4.57. The molecule has 0 unspecified atom stereocenters. The molecular formula is C15H25F. The third-order valence-corrected chi connectivity index (χ3v) is 3.38. The predicted octanol–water partition coefficient (Wildman–Crippen LogP) is 5.58. The van der Waals surface area contributed by atoms with Gasteiger partial charge < -0.3 is 0 Å². The number of allylic oxidation sites excluding steroid dienone is 5. The molecule has 0 aliphatic carbocycles. The minimum atomic E-state index is -0.158. The van der Waals surface area contributed by atoms with Crippen molar-refractivity contribution in [1.82, 2.24) is 0 Å². The molecule has 0 aliphatic heterocycles. The average Bonchev–Trinajstić information content (AvgIpc) is 2.31. The van der Waals surface area contributed by atoms with Gasteiger partial charge in [0.05, 0.1) is 0 Å². The van der Waals surface area contributed by atoms with Gasteiger partial charge in [0.15, 0.2) is 0 Å². The van der Waals surface area contributed by atoms with E-state index in [-0.39, 0.29) is 5.83 Å². The number of rotatable bonds is 8. The van der Waals surface area contributed by atoms with E-state index >= 15 is 0 Å². The summed E-state index contributed by atoms with van der Waals surface area (Å²) in [6.45, 7) is 10.3. The molecular weight excluding hydrogens is 199 g/mol. The molecule has 0 nitrogen and oxygen atoms in total. The summed E-state index contributed by atoms with van der Waals surface area (Å²) in [5.74, 6) is -0.158. The van der Waals surface area contributed by atoms with Crippen LogP contribution in [0.3, 0.4) is 0 Å². The van der Waals surface area contributed by atoms with Crippen LogP contribution in [0.5, 0.6) is 0 Å². The molecule has 0 N–H and O–H groups in total. The van der Waals surface area contributed by atoms with E-state index < -0.39 is 0 Å². The van der Waals surface area contributed by atoms with Gasteiger partial charge in [0, 0.05) is 0 Å². The van der Waals surface area contributed by atoms with Gasteiger partial charge in [0.2, 0.25) is 0 Å². The summed E-state index contributed by atoms with van der Waals surface area (Å²) in [6, 6.07) is 0. The molecule has 16 heavy (non-hydrogen) atoms. The Balaban J connectivity index is 3.97. The lowest BCUT2D eigenvalue weighted by Crippen LogP contribution is -2.12. The van der Waals surface area contributed by atoms with Crippen LogP contribution in [0.4, 0.5) is 4.39 Å². The Morgan fingerprint density at radius 1 is 1.31 bits per heavy atom. The van der Waals surface area contributed by atoms with Gasteiger partial charge in [-0.05, 0) is 36.8 Å². The van der Waals surface area contributed by atoms with Crippen LogP contribution in [0.2, 0.25) is 0 Å². The van der Waals surface area contributed by atoms with Crippen LogP contribution < -0.4 is 0 Å². The second kappa shape index (κ2) is 8.32. The van der Waals surface area contributed by atoms with Crippen LogP contribution in [-0.2, 0) is 0 Å². The first-order valence-corrected chi connectivity index (χ1v) is 6.21. The molecule has 0 radical (unpaired) electrons. The Morgan fingerprint density at radius 2 is 1.94 bits per heavy atom.